The Morgan fingerprint density at radius 1 is 1.56 bits per heavy atom. The van der Waals surface area contributed by atoms with Gasteiger partial charge < -0.3 is 5.32 Å². The van der Waals surface area contributed by atoms with Crippen LogP contribution in [-0.4, -0.2) is 27.3 Å². The molecule has 1 aromatic rings. The highest BCUT2D eigenvalue weighted by Crippen LogP contribution is 2.28. The maximum absolute atomic E-state index is 4.36. The molecule has 0 aromatic carbocycles. The van der Waals surface area contributed by atoms with Gasteiger partial charge in [-0.25, -0.2) is 0 Å². The molecule has 3 nitrogen and oxygen atoms in total. The fraction of sp³-hybridized carbons (Fsp3) is 0.750. The van der Waals surface area contributed by atoms with Crippen LogP contribution in [0.5, 0.6) is 0 Å². The van der Waals surface area contributed by atoms with Crippen molar-refractivity contribution >= 4 is 11.8 Å². The van der Waals surface area contributed by atoms with E-state index in [0.29, 0.717) is 6.04 Å². The zero-order valence-electron chi connectivity index (χ0n) is 10.4. The number of nitrogens with zero attached hydrogens (tertiary/aromatic N) is 2. The Balaban J connectivity index is 1.82. The predicted octanol–water partition coefficient (Wildman–Crippen LogP) is 2.10. The van der Waals surface area contributed by atoms with Crippen LogP contribution in [-0.2, 0) is 13.6 Å². The summed E-state index contributed by atoms with van der Waals surface area (Å²) in [5, 5.41) is 8.87. The molecular formula is C12H21N3S. The van der Waals surface area contributed by atoms with Gasteiger partial charge in [0.15, 0.2) is 0 Å². The standard InChI is InChI=1S/C12H21N3S/c1-9-6-11(15(2)14-9)8-13-10-4-5-12(7-10)16-3/h6,10,12-13H,4-5,7-8H2,1-3H3. The van der Waals surface area contributed by atoms with E-state index in [1.54, 1.807) is 0 Å². The van der Waals surface area contributed by atoms with Crippen molar-refractivity contribution in [1.82, 2.24) is 15.1 Å². The number of aromatic nitrogens is 2. The van der Waals surface area contributed by atoms with Crippen LogP contribution in [0.1, 0.15) is 30.7 Å². The number of aryl methyl sites for hydroxylation is 2. The molecule has 4 heteroatoms. The normalized spacial score (nSPS) is 25.2. The molecule has 1 fully saturated rings. The summed E-state index contributed by atoms with van der Waals surface area (Å²) in [6.07, 6.45) is 6.22. The molecule has 1 saturated carbocycles. The largest absolute Gasteiger partial charge is 0.308 e. The molecule has 1 aliphatic rings. The lowest BCUT2D eigenvalue weighted by atomic mass is 10.2. The fourth-order valence-corrected chi connectivity index (χ4v) is 3.21. The van der Waals surface area contributed by atoms with Crippen molar-refractivity contribution in [3.63, 3.8) is 0 Å². The van der Waals surface area contributed by atoms with Gasteiger partial charge in [0.05, 0.1) is 11.4 Å². The van der Waals surface area contributed by atoms with Gasteiger partial charge in [-0.05, 0) is 38.5 Å². The quantitative estimate of drug-likeness (QED) is 0.872. The summed E-state index contributed by atoms with van der Waals surface area (Å²) in [5.74, 6) is 0. The van der Waals surface area contributed by atoms with E-state index in [1.165, 1.54) is 25.0 Å². The van der Waals surface area contributed by atoms with Crippen LogP contribution in [0.15, 0.2) is 6.07 Å². The molecule has 1 aliphatic carbocycles. The Morgan fingerprint density at radius 3 is 2.94 bits per heavy atom. The Hall–Kier alpha value is -0.480. The second kappa shape index (κ2) is 5.23. The van der Waals surface area contributed by atoms with Crippen LogP contribution in [0.3, 0.4) is 0 Å². The van der Waals surface area contributed by atoms with Gasteiger partial charge in [-0.15, -0.1) is 0 Å². The van der Waals surface area contributed by atoms with E-state index < -0.39 is 0 Å². The molecule has 0 radical (unpaired) electrons. The first kappa shape index (κ1) is 12.0. The van der Waals surface area contributed by atoms with E-state index in [4.69, 9.17) is 0 Å². The molecule has 1 heterocycles. The van der Waals surface area contributed by atoms with Gasteiger partial charge >= 0.3 is 0 Å². The summed E-state index contributed by atoms with van der Waals surface area (Å²) in [7, 11) is 2.02. The average Bonchev–Trinajstić information content (AvgIpc) is 2.82. The third-order valence-electron chi connectivity index (χ3n) is 3.39. The van der Waals surface area contributed by atoms with Crippen LogP contribution in [0, 0.1) is 6.92 Å². The molecule has 0 bridgehead atoms. The number of hydrogen-bond donors (Lipinski definition) is 1. The average molecular weight is 239 g/mol. The summed E-state index contributed by atoms with van der Waals surface area (Å²) in [5.41, 5.74) is 2.39. The summed E-state index contributed by atoms with van der Waals surface area (Å²) in [6, 6.07) is 2.86. The number of hydrogen-bond acceptors (Lipinski definition) is 3. The van der Waals surface area contributed by atoms with Gasteiger partial charge in [-0.3, -0.25) is 4.68 Å². The van der Waals surface area contributed by atoms with E-state index in [0.717, 1.165) is 17.5 Å². The maximum atomic E-state index is 4.36. The van der Waals surface area contributed by atoms with Crippen molar-refractivity contribution in [2.75, 3.05) is 6.26 Å². The Kier molecular flexibility index (Phi) is 3.92. The number of rotatable bonds is 4. The smallest absolute Gasteiger partial charge is 0.0597 e. The SMILES string of the molecule is CSC1CCC(NCc2cc(C)nn2C)C1. The Labute approximate surface area is 102 Å². The second-order valence-corrected chi connectivity index (χ2v) is 5.79. The van der Waals surface area contributed by atoms with Crippen molar-refractivity contribution < 1.29 is 0 Å². The van der Waals surface area contributed by atoms with E-state index >= 15 is 0 Å². The molecule has 1 N–H and O–H groups in total. The Bertz CT molecular complexity index is 348. The van der Waals surface area contributed by atoms with E-state index in [9.17, 15) is 0 Å². The van der Waals surface area contributed by atoms with Crippen molar-refractivity contribution in [2.45, 2.75) is 44.0 Å². The second-order valence-electron chi connectivity index (χ2n) is 4.65. The van der Waals surface area contributed by atoms with Crippen LogP contribution >= 0.6 is 11.8 Å². The molecule has 2 atom stereocenters. The minimum Gasteiger partial charge on any atom is -0.308 e. The minimum atomic E-state index is 0.702. The molecule has 90 valence electrons. The lowest BCUT2D eigenvalue weighted by molar-refractivity contribution is 0.508. The van der Waals surface area contributed by atoms with Gasteiger partial charge in [-0.2, -0.15) is 16.9 Å². The third-order valence-corrected chi connectivity index (χ3v) is 4.48. The minimum absolute atomic E-state index is 0.702. The van der Waals surface area contributed by atoms with Crippen molar-refractivity contribution in [2.24, 2.45) is 7.05 Å². The number of thioether (sulfide) groups is 1. The summed E-state index contributed by atoms with van der Waals surface area (Å²) in [6.45, 7) is 2.99. The summed E-state index contributed by atoms with van der Waals surface area (Å²) in [4.78, 5) is 0. The predicted molar refractivity (Wildman–Crippen MR) is 69.7 cm³/mol. The summed E-state index contributed by atoms with van der Waals surface area (Å²) >= 11 is 2.01. The molecule has 2 rings (SSSR count). The molecule has 0 aliphatic heterocycles. The van der Waals surface area contributed by atoms with Gasteiger partial charge in [0.1, 0.15) is 0 Å². The molecule has 16 heavy (non-hydrogen) atoms. The highest BCUT2D eigenvalue weighted by Gasteiger charge is 2.23. The van der Waals surface area contributed by atoms with Gasteiger partial charge in [0, 0.05) is 24.9 Å². The zero-order chi connectivity index (χ0) is 11.5. The first-order valence-corrected chi connectivity index (χ1v) is 7.23. The first-order chi connectivity index (χ1) is 7.69. The lowest BCUT2D eigenvalue weighted by Crippen LogP contribution is -2.27. The lowest BCUT2D eigenvalue weighted by Gasteiger charge is -2.12. The van der Waals surface area contributed by atoms with Crippen LogP contribution in [0.2, 0.25) is 0 Å². The van der Waals surface area contributed by atoms with Gasteiger partial charge in [-0.1, -0.05) is 0 Å². The number of nitrogens with one attached hydrogen (secondary N) is 1. The Morgan fingerprint density at radius 2 is 2.38 bits per heavy atom. The molecule has 2 unspecified atom stereocenters. The topological polar surface area (TPSA) is 29.9 Å². The highest BCUT2D eigenvalue weighted by molar-refractivity contribution is 7.99. The van der Waals surface area contributed by atoms with E-state index in [2.05, 4.69) is 22.7 Å². The van der Waals surface area contributed by atoms with Crippen molar-refractivity contribution in [3.8, 4) is 0 Å². The third kappa shape index (κ3) is 2.80. The van der Waals surface area contributed by atoms with Gasteiger partial charge in [0.2, 0.25) is 0 Å². The molecule has 0 amide bonds. The van der Waals surface area contributed by atoms with Crippen molar-refractivity contribution in [1.29, 1.82) is 0 Å². The van der Waals surface area contributed by atoms with Crippen LogP contribution in [0.4, 0.5) is 0 Å². The van der Waals surface area contributed by atoms with Crippen LogP contribution < -0.4 is 5.32 Å². The summed E-state index contributed by atoms with van der Waals surface area (Å²) < 4.78 is 1.98. The maximum Gasteiger partial charge on any atom is 0.0597 e. The molecular weight excluding hydrogens is 218 g/mol. The molecule has 0 saturated heterocycles. The highest BCUT2D eigenvalue weighted by atomic mass is 32.2. The first-order valence-electron chi connectivity index (χ1n) is 5.94. The van der Waals surface area contributed by atoms with E-state index in [1.807, 2.05) is 30.4 Å². The molecule has 1 aromatic heterocycles. The van der Waals surface area contributed by atoms with Gasteiger partial charge in [0.25, 0.3) is 0 Å². The van der Waals surface area contributed by atoms with Crippen LogP contribution in [0.25, 0.3) is 0 Å². The van der Waals surface area contributed by atoms with Crippen molar-refractivity contribution in [3.05, 3.63) is 17.5 Å². The zero-order valence-corrected chi connectivity index (χ0v) is 11.2. The fourth-order valence-electron chi connectivity index (χ4n) is 2.42. The van der Waals surface area contributed by atoms with E-state index in [-0.39, 0.29) is 0 Å². The molecule has 0 spiro atoms. The monoisotopic (exact) mass is 239 g/mol.